The summed E-state index contributed by atoms with van der Waals surface area (Å²) in [7, 11) is 0. The van der Waals surface area contributed by atoms with Gasteiger partial charge in [0, 0.05) is 23.2 Å². The van der Waals surface area contributed by atoms with Crippen molar-refractivity contribution in [1.82, 2.24) is 9.97 Å². The number of hydrogen-bond donors (Lipinski definition) is 2. The maximum absolute atomic E-state index is 13.5. The van der Waals surface area contributed by atoms with E-state index < -0.39 is 11.9 Å². The molecule has 6 nitrogen and oxygen atoms in total. The summed E-state index contributed by atoms with van der Waals surface area (Å²) < 4.78 is 27.1. The van der Waals surface area contributed by atoms with Crippen molar-refractivity contribution in [3.05, 3.63) is 83.7 Å². The van der Waals surface area contributed by atoms with Crippen LogP contribution in [-0.4, -0.2) is 32.1 Å². The van der Waals surface area contributed by atoms with Crippen molar-refractivity contribution in [3.8, 4) is 0 Å². The summed E-state index contributed by atoms with van der Waals surface area (Å²) in [5.41, 5.74) is 3.93. The Morgan fingerprint density at radius 1 is 0.636 bits per heavy atom. The van der Waals surface area contributed by atoms with Crippen molar-refractivity contribution in [3.63, 3.8) is 0 Å². The minimum Gasteiger partial charge on any atom is -0.481 e. The van der Waals surface area contributed by atoms with Crippen LogP contribution < -0.4 is 0 Å². The number of aromatic nitrogens is 2. The third-order valence-corrected chi connectivity index (χ3v) is 10.1. The number of aliphatic carboxylic acids is 2. The van der Waals surface area contributed by atoms with Gasteiger partial charge in [-0.25, -0.2) is 8.78 Å². The molecule has 2 saturated carbocycles. The van der Waals surface area contributed by atoms with Crippen LogP contribution in [0.3, 0.4) is 0 Å². The lowest BCUT2D eigenvalue weighted by Gasteiger charge is -2.31. The molecule has 0 amide bonds. The maximum Gasteiger partial charge on any atom is 0.306 e. The molecule has 2 aliphatic rings. The Labute approximate surface area is 256 Å². The van der Waals surface area contributed by atoms with Gasteiger partial charge in [-0.05, 0) is 135 Å². The van der Waals surface area contributed by atoms with Gasteiger partial charge in [0.15, 0.2) is 0 Å². The fourth-order valence-corrected chi connectivity index (χ4v) is 7.26. The number of benzene rings is 2. The lowest BCUT2D eigenvalue weighted by atomic mass is 9.74. The predicted molar refractivity (Wildman–Crippen MR) is 166 cm³/mol. The molecule has 2 aromatic heterocycles. The molecule has 2 atom stereocenters. The van der Waals surface area contributed by atoms with Gasteiger partial charge in [-0.2, -0.15) is 0 Å². The SMILES string of the molecule is C[C@@H](C(=O)O)C1CCC(c2ccnc3ccc(F)cc23)CC1.C[C@H](C(=O)O)C1CCC(c2ccnc3ccc(F)cc23)CC1. The van der Waals surface area contributed by atoms with Crippen molar-refractivity contribution in [1.29, 1.82) is 0 Å². The number of hydrogen-bond acceptors (Lipinski definition) is 4. The molecule has 0 unspecified atom stereocenters. The normalized spacial score (nSPS) is 23.4. The zero-order valence-corrected chi connectivity index (χ0v) is 25.3. The molecule has 0 spiro atoms. The second-order valence-corrected chi connectivity index (χ2v) is 12.6. The lowest BCUT2D eigenvalue weighted by molar-refractivity contribution is -0.144. The van der Waals surface area contributed by atoms with Crippen LogP contribution in [0.2, 0.25) is 0 Å². The Morgan fingerprint density at radius 3 is 1.34 bits per heavy atom. The summed E-state index contributed by atoms with van der Waals surface area (Å²) in [4.78, 5) is 30.8. The van der Waals surface area contributed by atoms with E-state index >= 15 is 0 Å². The predicted octanol–water partition coefficient (Wildman–Crippen LogP) is 8.74. The van der Waals surface area contributed by atoms with Crippen molar-refractivity contribution in [2.24, 2.45) is 23.7 Å². The van der Waals surface area contributed by atoms with E-state index in [9.17, 15) is 18.4 Å². The van der Waals surface area contributed by atoms with E-state index in [2.05, 4.69) is 9.97 Å². The van der Waals surface area contributed by atoms with Crippen LogP contribution in [0.5, 0.6) is 0 Å². The quantitative estimate of drug-likeness (QED) is 0.229. The van der Waals surface area contributed by atoms with Gasteiger partial charge in [0.05, 0.1) is 22.9 Å². The van der Waals surface area contributed by atoms with Gasteiger partial charge in [0.2, 0.25) is 0 Å². The molecule has 0 aliphatic heterocycles. The van der Waals surface area contributed by atoms with Crippen LogP contribution >= 0.6 is 0 Å². The van der Waals surface area contributed by atoms with E-state index in [0.717, 1.165) is 84.3 Å². The van der Waals surface area contributed by atoms with Crippen molar-refractivity contribution in [2.45, 2.75) is 77.0 Å². The van der Waals surface area contributed by atoms with Gasteiger partial charge < -0.3 is 10.2 Å². The zero-order valence-electron chi connectivity index (χ0n) is 25.3. The van der Waals surface area contributed by atoms with Gasteiger partial charge in [-0.1, -0.05) is 13.8 Å². The first-order valence-electron chi connectivity index (χ1n) is 15.7. The Bertz CT molecular complexity index is 1510. The van der Waals surface area contributed by atoms with Crippen LogP contribution in [0.15, 0.2) is 60.9 Å². The minimum absolute atomic E-state index is 0.241. The number of halogens is 2. The first kappa shape index (κ1) is 31.5. The van der Waals surface area contributed by atoms with E-state index in [1.807, 2.05) is 12.1 Å². The van der Waals surface area contributed by atoms with Gasteiger partial charge >= 0.3 is 11.9 Å². The molecule has 6 rings (SSSR count). The fraction of sp³-hybridized carbons (Fsp3) is 0.444. The number of carboxylic acids is 2. The number of carbonyl (C=O) groups is 2. The van der Waals surface area contributed by atoms with Crippen LogP contribution in [-0.2, 0) is 9.59 Å². The largest absolute Gasteiger partial charge is 0.481 e. The summed E-state index contributed by atoms with van der Waals surface area (Å²) in [6.45, 7) is 3.59. The number of fused-ring (bicyclic) bond motifs is 2. The monoisotopic (exact) mass is 602 g/mol. The van der Waals surface area contributed by atoms with E-state index in [-0.39, 0.29) is 35.3 Å². The van der Waals surface area contributed by atoms with Gasteiger partial charge in [0.1, 0.15) is 11.6 Å². The molecule has 2 fully saturated rings. The summed E-state index contributed by atoms with van der Waals surface area (Å²) in [6.07, 6.45) is 11.0. The minimum atomic E-state index is -0.708. The molecule has 44 heavy (non-hydrogen) atoms. The molecule has 4 aromatic rings. The molecule has 0 bridgehead atoms. The number of rotatable bonds is 6. The van der Waals surface area contributed by atoms with Crippen molar-refractivity contribution < 1.29 is 28.6 Å². The molecule has 2 aromatic carbocycles. The summed E-state index contributed by atoms with van der Waals surface area (Å²) in [5, 5.41) is 20.1. The summed E-state index contributed by atoms with van der Waals surface area (Å²) >= 11 is 0. The molecule has 0 saturated heterocycles. The molecule has 232 valence electrons. The molecular weight excluding hydrogens is 562 g/mol. The van der Waals surface area contributed by atoms with Gasteiger partial charge in [0.25, 0.3) is 0 Å². The Hall–Kier alpha value is -3.94. The Kier molecular flexibility index (Phi) is 9.87. The lowest BCUT2D eigenvalue weighted by Crippen LogP contribution is -2.25. The van der Waals surface area contributed by atoms with E-state index in [1.165, 1.54) is 12.1 Å². The highest BCUT2D eigenvalue weighted by Gasteiger charge is 2.31. The zero-order chi connectivity index (χ0) is 31.4. The third kappa shape index (κ3) is 7.06. The highest BCUT2D eigenvalue weighted by molar-refractivity contribution is 5.83. The summed E-state index contributed by atoms with van der Waals surface area (Å²) in [5.74, 6) is -1.24. The van der Waals surface area contributed by atoms with Crippen LogP contribution in [0.4, 0.5) is 8.78 Å². The number of pyridine rings is 2. The van der Waals surface area contributed by atoms with E-state index in [0.29, 0.717) is 11.8 Å². The van der Waals surface area contributed by atoms with E-state index in [4.69, 9.17) is 10.2 Å². The molecule has 2 N–H and O–H groups in total. The van der Waals surface area contributed by atoms with Crippen molar-refractivity contribution in [2.75, 3.05) is 0 Å². The highest BCUT2D eigenvalue weighted by atomic mass is 19.1. The Balaban J connectivity index is 0.000000175. The second-order valence-electron chi connectivity index (χ2n) is 12.6. The number of carboxylic acid groups (broad SMARTS) is 2. The van der Waals surface area contributed by atoms with Gasteiger partial charge in [-0.15, -0.1) is 0 Å². The number of nitrogens with zero attached hydrogens (tertiary/aromatic N) is 2. The molecule has 2 heterocycles. The second kappa shape index (κ2) is 13.8. The average Bonchev–Trinajstić information content (AvgIpc) is 3.04. The standard InChI is InChI=1S/2C18H20FNO2/c2*1-11(18(21)22)12-2-4-13(5-3-12)15-8-9-20-17-7-6-14(19)10-16(15)17/h2*6-13H,2-5H2,1H3,(H,21,22)/t2*11-,12?,13?/m10/s1. The summed E-state index contributed by atoms with van der Waals surface area (Å²) in [6, 6.07) is 13.4. The van der Waals surface area contributed by atoms with Crippen LogP contribution in [0.25, 0.3) is 21.8 Å². The molecule has 2 aliphatic carbocycles. The first-order valence-corrected chi connectivity index (χ1v) is 15.7. The van der Waals surface area contributed by atoms with Crippen LogP contribution in [0, 0.1) is 35.3 Å². The average molecular weight is 603 g/mol. The van der Waals surface area contributed by atoms with Crippen LogP contribution in [0.1, 0.15) is 88.2 Å². The smallest absolute Gasteiger partial charge is 0.306 e. The molecular formula is C36H40F2N2O4. The molecule has 0 radical (unpaired) electrons. The fourth-order valence-electron chi connectivity index (χ4n) is 7.26. The third-order valence-electron chi connectivity index (χ3n) is 10.1. The van der Waals surface area contributed by atoms with Crippen molar-refractivity contribution >= 4 is 33.7 Å². The topological polar surface area (TPSA) is 100 Å². The first-order chi connectivity index (χ1) is 21.1. The Morgan fingerprint density at radius 2 is 1.00 bits per heavy atom. The van der Waals surface area contributed by atoms with Gasteiger partial charge in [-0.3, -0.25) is 19.6 Å². The maximum atomic E-state index is 13.5. The molecule has 8 heteroatoms. The van der Waals surface area contributed by atoms with E-state index in [1.54, 1.807) is 50.5 Å². The highest BCUT2D eigenvalue weighted by Crippen LogP contribution is 2.42.